The lowest BCUT2D eigenvalue weighted by Gasteiger charge is -2.40. The van der Waals surface area contributed by atoms with Crippen LogP contribution in [0.1, 0.15) is 39.2 Å². The Balaban J connectivity index is 2.23. The molecule has 2 rings (SSSR count). The van der Waals surface area contributed by atoms with Crippen LogP contribution in [-0.4, -0.2) is 31.2 Å². The first-order valence-corrected chi connectivity index (χ1v) is 9.26. The van der Waals surface area contributed by atoms with Crippen molar-refractivity contribution in [3.05, 3.63) is 29.8 Å². The smallest absolute Gasteiger partial charge is 0.218 e. The Labute approximate surface area is 137 Å². The van der Waals surface area contributed by atoms with Gasteiger partial charge in [-0.25, -0.2) is 13.1 Å². The predicted octanol–water partition coefficient (Wildman–Crippen LogP) is 1.34. The molecule has 2 atom stereocenters. The summed E-state index contributed by atoms with van der Waals surface area (Å²) in [5, 5.41) is -0.826. The van der Waals surface area contributed by atoms with Crippen LogP contribution in [0.3, 0.4) is 0 Å². The summed E-state index contributed by atoms with van der Waals surface area (Å²) in [6.07, 6.45) is 0.675. The normalized spacial score (nSPS) is 21.1. The average Bonchev–Trinajstić information content (AvgIpc) is 2.44. The Morgan fingerprint density at radius 3 is 2.70 bits per heavy atom. The Bertz CT molecular complexity index is 685. The number of nitrogens with one attached hydrogen (secondary N) is 1. The van der Waals surface area contributed by atoms with Gasteiger partial charge < -0.3 is 10.5 Å². The lowest BCUT2D eigenvalue weighted by molar-refractivity contribution is -0.118. The van der Waals surface area contributed by atoms with Gasteiger partial charge in [0.05, 0.1) is 11.3 Å². The number of sulfonamides is 1. The molecular weight excluding hydrogens is 316 g/mol. The van der Waals surface area contributed by atoms with Gasteiger partial charge in [0.1, 0.15) is 11.4 Å². The van der Waals surface area contributed by atoms with Crippen LogP contribution in [0.15, 0.2) is 24.3 Å². The highest BCUT2D eigenvalue weighted by Crippen LogP contribution is 2.33. The molecule has 0 spiro atoms. The van der Waals surface area contributed by atoms with E-state index in [1.807, 2.05) is 38.1 Å². The molecule has 2 unspecified atom stereocenters. The minimum Gasteiger partial charge on any atom is -0.486 e. The maximum absolute atomic E-state index is 12.6. The minimum atomic E-state index is -3.67. The number of carbonyl (C=O) groups excluding carboxylic acids is 1. The molecule has 0 aromatic heterocycles. The zero-order chi connectivity index (χ0) is 17.3. The molecule has 0 radical (unpaired) electrons. The average molecular weight is 340 g/mol. The molecule has 0 aliphatic carbocycles. The van der Waals surface area contributed by atoms with Crippen molar-refractivity contribution >= 4 is 15.9 Å². The van der Waals surface area contributed by atoms with E-state index >= 15 is 0 Å². The minimum absolute atomic E-state index is 0.184. The van der Waals surface area contributed by atoms with E-state index in [2.05, 4.69) is 4.72 Å². The van der Waals surface area contributed by atoms with Crippen LogP contribution >= 0.6 is 0 Å². The van der Waals surface area contributed by atoms with Gasteiger partial charge in [0, 0.05) is 6.42 Å². The van der Waals surface area contributed by atoms with Gasteiger partial charge >= 0.3 is 0 Å². The number of ether oxygens (including phenoxy) is 1. The summed E-state index contributed by atoms with van der Waals surface area (Å²) in [6.45, 7) is 5.43. The van der Waals surface area contributed by atoms with Gasteiger partial charge in [-0.2, -0.15) is 0 Å². The van der Waals surface area contributed by atoms with Gasteiger partial charge in [-0.15, -0.1) is 0 Å². The first-order chi connectivity index (χ1) is 10.7. The third kappa shape index (κ3) is 4.03. The summed E-state index contributed by atoms with van der Waals surface area (Å²) >= 11 is 0. The van der Waals surface area contributed by atoms with Crippen molar-refractivity contribution in [3.63, 3.8) is 0 Å². The van der Waals surface area contributed by atoms with E-state index in [1.165, 1.54) is 0 Å². The van der Waals surface area contributed by atoms with Crippen LogP contribution < -0.4 is 15.2 Å². The predicted molar refractivity (Wildman–Crippen MR) is 88.6 cm³/mol. The van der Waals surface area contributed by atoms with Crippen LogP contribution in [0.5, 0.6) is 5.75 Å². The van der Waals surface area contributed by atoms with Gasteiger partial charge in [-0.3, -0.25) is 4.79 Å². The van der Waals surface area contributed by atoms with E-state index in [0.717, 1.165) is 11.3 Å². The van der Waals surface area contributed by atoms with Crippen molar-refractivity contribution in [2.45, 2.75) is 56.9 Å². The van der Waals surface area contributed by atoms with Crippen LogP contribution in [0.2, 0.25) is 0 Å². The Kier molecular flexibility index (Phi) is 5.01. The first-order valence-electron chi connectivity index (χ1n) is 7.72. The van der Waals surface area contributed by atoms with Crippen molar-refractivity contribution in [1.29, 1.82) is 0 Å². The second kappa shape index (κ2) is 6.49. The number of hydrogen-bond acceptors (Lipinski definition) is 4. The van der Waals surface area contributed by atoms with Gasteiger partial charge in [0.25, 0.3) is 0 Å². The molecule has 128 valence electrons. The molecule has 7 heteroatoms. The first kappa shape index (κ1) is 17.7. The zero-order valence-corrected chi connectivity index (χ0v) is 14.5. The molecule has 1 heterocycles. The number of carbonyl (C=O) groups is 1. The largest absolute Gasteiger partial charge is 0.486 e. The number of rotatable bonds is 6. The van der Waals surface area contributed by atoms with Crippen molar-refractivity contribution in [1.82, 2.24) is 4.72 Å². The summed E-state index contributed by atoms with van der Waals surface area (Å²) in [4.78, 5) is 11.1. The number of para-hydroxylation sites is 1. The molecule has 1 aliphatic heterocycles. The Hall–Kier alpha value is -1.60. The molecule has 23 heavy (non-hydrogen) atoms. The topological polar surface area (TPSA) is 98.5 Å². The fourth-order valence-electron chi connectivity index (χ4n) is 2.77. The van der Waals surface area contributed by atoms with Crippen molar-refractivity contribution < 1.29 is 17.9 Å². The van der Waals surface area contributed by atoms with Crippen molar-refractivity contribution in [2.75, 3.05) is 0 Å². The molecule has 0 saturated heterocycles. The fraction of sp³-hybridized carbons (Fsp3) is 0.562. The highest BCUT2D eigenvalue weighted by atomic mass is 32.2. The molecule has 0 fully saturated rings. The van der Waals surface area contributed by atoms with E-state index in [9.17, 15) is 13.2 Å². The molecule has 1 aromatic carbocycles. The number of fused-ring (bicyclic) bond motifs is 1. The second-order valence-corrected chi connectivity index (χ2v) is 8.43. The van der Waals surface area contributed by atoms with E-state index in [4.69, 9.17) is 10.5 Å². The number of primary amides is 1. The third-order valence-corrected chi connectivity index (χ3v) is 6.23. The van der Waals surface area contributed by atoms with Crippen LogP contribution in [0.25, 0.3) is 0 Å². The van der Waals surface area contributed by atoms with Crippen LogP contribution in [0.4, 0.5) is 0 Å². The number of amides is 1. The SMILES string of the molecule is CCC(CC(N)=O)S(=O)(=O)NC1Cc2ccccc2OC1(C)C. The summed E-state index contributed by atoms with van der Waals surface area (Å²) < 4.78 is 33.9. The number of hydrogen-bond donors (Lipinski definition) is 2. The molecule has 0 saturated carbocycles. The van der Waals surface area contributed by atoms with Crippen LogP contribution in [0, 0.1) is 0 Å². The summed E-state index contributed by atoms with van der Waals surface area (Å²) in [5.74, 6) is 0.156. The fourth-order valence-corrected chi connectivity index (χ4v) is 4.55. The molecular formula is C16H24N2O4S. The standard InChI is InChI=1S/C16H24N2O4S/c1-4-12(10-15(17)19)23(20,21)18-14-9-11-7-5-6-8-13(11)22-16(14,2)3/h5-8,12,14,18H,4,9-10H2,1-3H3,(H2,17,19). The quantitative estimate of drug-likeness (QED) is 0.816. The third-order valence-electron chi connectivity index (χ3n) is 4.24. The van der Waals surface area contributed by atoms with E-state index in [0.29, 0.717) is 12.8 Å². The highest BCUT2D eigenvalue weighted by Gasteiger charge is 2.40. The zero-order valence-electron chi connectivity index (χ0n) is 13.7. The van der Waals surface area contributed by atoms with E-state index in [-0.39, 0.29) is 6.42 Å². The molecule has 3 N–H and O–H groups in total. The van der Waals surface area contributed by atoms with Crippen molar-refractivity contribution in [3.8, 4) is 5.75 Å². The van der Waals surface area contributed by atoms with Gasteiger partial charge in [-0.05, 0) is 38.3 Å². The summed E-state index contributed by atoms with van der Waals surface area (Å²) in [5.41, 5.74) is 5.43. The molecule has 6 nitrogen and oxygen atoms in total. The lowest BCUT2D eigenvalue weighted by Crippen LogP contribution is -2.57. The van der Waals surface area contributed by atoms with Gasteiger partial charge in [0.2, 0.25) is 15.9 Å². The van der Waals surface area contributed by atoms with Crippen LogP contribution in [-0.2, 0) is 21.2 Å². The molecule has 0 bridgehead atoms. The van der Waals surface area contributed by atoms with Gasteiger partial charge in [-0.1, -0.05) is 25.1 Å². The lowest BCUT2D eigenvalue weighted by atomic mass is 9.89. The van der Waals surface area contributed by atoms with E-state index in [1.54, 1.807) is 6.92 Å². The Morgan fingerprint density at radius 2 is 2.09 bits per heavy atom. The monoisotopic (exact) mass is 340 g/mol. The second-order valence-electron chi connectivity index (χ2n) is 6.43. The Morgan fingerprint density at radius 1 is 1.43 bits per heavy atom. The van der Waals surface area contributed by atoms with E-state index < -0.39 is 32.8 Å². The molecule has 1 aromatic rings. The maximum Gasteiger partial charge on any atom is 0.218 e. The van der Waals surface area contributed by atoms with Gasteiger partial charge in [0.15, 0.2) is 0 Å². The van der Waals surface area contributed by atoms with Crippen molar-refractivity contribution in [2.24, 2.45) is 5.73 Å². The number of benzene rings is 1. The summed E-state index contributed by atoms with van der Waals surface area (Å²) in [7, 11) is -3.67. The molecule has 1 aliphatic rings. The summed E-state index contributed by atoms with van der Waals surface area (Å²) in [6, 6.07) is 7.17. The maximum atomic E-state index is 12.6. The molecule has 1 amide bonds. The number of nitrogens with two attached hydrogens (primary N) is 1. The highest BCUT2D eigenvalue weighted by molar-refractivity contribution is 7.90.